The van der Waals surface area contributed by atoms with Gasteiger partial charge < -0.3 is 13.3 Å². The van der Waals surface area contributed by atoms with Gasteiger partial charge in [-0.15, -0.1) is 0 Å². The lowest BCUT2D eigenvalue weighted by molar-refractivity contribution is 0.0600. The van der Waals surface area contributed by atoms with Crippen molar-refractivity contribution in [1.29, 1.82) is 0 Å². The van der Waals surface area contributed by atoms with E-state index in [1.165, 1.54) is 43.5 Å². The highest BCUT2D eigenvalue weighted by atomic mass is 32.2. The number of ether oxygens (including phenoxy) is 1. The molecule has 0 saturated carbocycles. The number of hydrogen-bond donors (Lipinski definition) is 0. The van der Waals surface area contributed by atoms with Crippen LogP contribution in [-0.2, 0) is 14.9 Å². The molecule has 0 N–H and O–H groups in total. The van der Waals surface area contributed by atoms with Crippen molar-refractivity contribution in [3.05, 3.63) is 69.6 Å². The Kier molecular flexibility index (Phi) is 5.48. The van der Waals surface area contributed by atoms with Crippen molar-refractivity contribution in [2.45, 2.75) is 31.6 Å². The Bertz CT molecular complexity index is 1250. The minimum Gasteiger partial charge on any atom is -0.465 e. The predicted molar refractivity (Wildman–Crippen MR) is 107 cm³/mol. The maximum atomic E-state index is 12.7. The first-order valence-electron chi connectivity index (χ1n) is 8.83. The van der Waals surface area contributed by atoms with E-state index < -0.39 is 21.7 Å². The molecule has 1 aromatic heterocycles. The van der Waals surface area contributed by atoms with Crippen LogP contribution in [0.25, 0.3) is 11.0 Å². The summed E-state index contributed by atoms with van der Waals surface area (Å²) in [6, 6.07) is 10.0. The summed E-state index contributed by atoms with van der Waals surface area (Å²) in [4.78, 5) is 23.3. The molecule has 1 heterocycles. The monoisotopic (exact) mass is 416 g/mol. The van der Waals surface area contributed by atoms with Gasteiger partial charge in [-0.2, -0.15) is 8.42 Å². The van der Waals surface area contributed by atoms with Gasteiger partial charge >= 0.3 is 21.7 Å². The van der Waals surface area contributed by atoms with Gasteiger partial charge in [0.2, 0.25) is 0 Å². The third-order valence-electron chi connectivity index (χ3n) is 4.44. The van der Waals surface area contributed by atoms with E-state index in [1.807, 2.05) is 13.8 Å². The van der Waals surface area contributed by atoms with Gasteiger partial charge in [-0.05, 0) is 54.3 Å². The van der Waals surface area contributed by atoms with Crippen LogP contribution in [0.1, 0.15) is 41.3 Å². The first-order chi connectivity index (χ1) is 13.6. The quantitative estimate of drug-likeness (QED) is 0.354. The Labute approximate surface area is 168 Å². The van der Waals surface area contributed by atoms with Gasteiger partial charge in [-0.1, -0.05) is 13.8 Å². The highest BCUT2D eigenvalue weighted by molar-refractivity contribution is 7.87. The topological polar surface area (TPSA) is 99.9 Å². The molecule has 0 bridgehead atoms. The molecule has 29 heavy (non-hydrogen) atoms. The normalized spacial score (nSPS) is 11.6. The summed E-state index contributed by atoms with van der Waals surface area (Å²) >= 11 is 0. The molecule has 0 atom stereocenters. The second-order valence-electron chi connectivity index (χ2n) is 6.84. The number of aryl methyl sites for hydroxylation is 1. The summed E-state index contributed by atoms with van der Waals surface area (Å²) in [6.07, 6.45) is 0. The highest BCUT2D eigenvalue weighted by Gasteiger charge is 2.21. The zero-order valence-electron chi connectivity index (χ0n) is 16.4. The summed E-state index contributed by atoms with van der Waals surface area (Å²) in [5, 5.41) is 0.711. The molecule has 0 saturated heterocycles. The third-order valence-corrected chi connectivity index (χ3v) is 5.85. The van der Waals surface area contributed by atoms with E-state index in [0.29, 0.717) is 10.9 Å². The molecule has 0 aliphatic heterocycles. The molecule has 0 unspecified atom stereocenters. The molecule has 8 heteroatoms. The van der Waals surface area contributed by atoms with Crippen LogP contribution in [0.15, 0.2) is 56.6 Å². The SMILES string of the molecule is COC(=O)c1ccc(S(=O)(=O)Oc2ccc3c(C(C)C)cc(=O)oc3c2)c(C)c1. The molecule has 2 aromatic carbocycles. The average Bonchev–Trinajstić information content (AvgIpc) is 2.65. The molecule has 0 aliphatic rings. The molecule has 3 rings (SSSR count). The third kappa shape index (κ3) is 4.17. The van der Waals surface area contributed by atoms with E-state index in [-0.39, 0.29) is 27.7 Å². The second-order valence-corrected chi connectivity index (χ2v) is 8.36. The van der Waals surface area contributed by atoms with E-state index in [9.17, 15) is 18.0 Å². The van der Waals surface area contributed by atoms with E-state index in [2.05, 4.69) is 4.74 Å². The lowest BCUT2D eigenvalue weighted by atomic mass is 10.00. The molecule has 7 nitrogen and oxygen atoms in total. The van der Waals surface area contributed by atoms with Crippen LogP contribution in [-0.4, -0.2) is 21.5 Å². The summed E-state index contributed by atoms with van der Waals surface area (Å²) in [7, 11) is -2.93. The predicted octanol–water partition coefficient (Wildman–Crippen LogP) is 3.78. The lowest BCUT2D eigenvalue weighted by Crippen LogP contribution is -2.12. The van der Waals surface area contributed by atoms with Gasteiger partial charge in [0.15, 0.2) is 0 Å². The van der Waals surface area contributed by atoms with Crippen LogP contribution in [0.5, 0.6) is 5.75 Å². The largest absolute Gasteiger partial charge is 0.465 e. The second kappa shape index (κ2) is 7.71. The summed E-state index contributed by atoms with van der Waals surface area (Å²) in [6.45, 7) is 5.45. The zero-order chi connectivity index (χ0) is 21.3. The number of esters is 1. The first-order valence-corrected chi connectivity index (χ1v) is 10.2. The first kappa shape index (κ1) is 20.6. The van der Waals surface area contributed by atoms with Gasteiger partial charge in [0.25, 0.3) is 0 Å². The molecule has 0 radical (unpaired) electrons. The average molecular weight is 416 g/mol. The van der Waals surface area contributed by atoms with Crippen molar-refractivity contribution in [2.75, 3.05) is 7.11 Å². The Morgan fingerprint density at radius 3 is 2.41 bits per heavy atom. The molecule has 0 fully saturated rings. The number of hydrogen-bond acceptors (Lipinski definition) is 7. The minimum atomic E-state index is -4.17. The van der Waals surface area contributed by atoms with Gasteiger partial charge in [0.05, 0.1) is 12.7 Å². The van der Waals surface area contributed by atoms with Gasteiger partial charge in [-0.3, -0.25) is 0 Å². The Balaban J connectivity index is 2.00. The lowest BCUT2D eigenvalue weighted by Gasteiger charge is -2.12. The zero-order valence-corrected chi connectivity index (χ0v) is 17.2. The van der Waals surface area contributed by atoms with Crippen molar-refractivity contribution in [3.8, 4) is 5.75 Å². The van der Waals surface area contributed by atoms with Crippen LogP contribution < -0.4 is 9.81 Å². The van der Waals surface area contributed by atoms with Crippen LogP contribution in [0.3, 0.4) is 0 Å². The number of benzene rings is 2. The Hall–Kier alpha value is -3.13. The van der Waals surface area contributed by atoms with E-state index >= 15 is 0 Å². The molecule has 152 valence electrons. The number of rotatable bonds is 5. The number of carbonyl (C=O) groups is 1. The van der Waals surface area contributed by atoms with Crippen molar-refractivity contribution < 1.29 is 26.5 Å². The van der Waals surface area contributed by atoms with Crippen molar-refractivity contribution in [2.24, 2.45) is 0 Å². The molecule has 0 aliphatic carbocycles. The molecule has 0 spiro atoms. The maximum Gasteiger partial charge on any atom is 0.339 e. The maximum absolute atomic E-state index is 12.7. The minimum absolute atomic E-state index is 0.0120. The molecular weight excluding hydrogens is 396 g/mol. The van der Waals surface area contributed by atoms with Gasteiger partial charge in [0.1, 0.15) is 16.2 Å². The van der Waals surface area contributed by atoms with Crippen molar-refractivity contribution in [1.82, 2.24) is 0 Å². The molecular formula is C21H20O7S. The summed E-state index contributed by atoms with van der Waals surface area (Å²) < 4.78 is 40.5. The highest BCUT2D eigenvalue weighted by Crippen LogP contribution is 2.29. The van der Waals surface area contributed by atoms with E-state index in [4.69, 9.17) is 8.60 Å². The van der Waals surface area contributed by atoms with Crippen LogP contribution in [0.2, 0.25) is 0 Å². The van der Waals surface area contributed by atoms with E-state index in [0.717, 1.165) is 5.56 Å². The van der Waals surface area contributed by atoms with Crippen molar-refractivity contribution >= 4 is 27.1 Å². The van der Waals surface area contributed by atoms with Gasteiger partial charge in [0, 0.05) is 17.5 Å². The van der Waals surface area contributed by atoms with Crippen LogP contribution in [0, 0.1) is 6.92 Å². The summed E-state index contributed by atoms with van der Waals surface area (Å²) in [5.74, 6) is -0.463. The van der Waals surface area contributed by atoms with E-state index in [1.54, 1.807) is 13.0 Å². The standard InChI is InChI=1S/C21H20O7S/c1-12(2)17-11-20(22)27-18-10-15(6-7-16(17)18)28-29(24,25)19-8-5-14(9-13(19)3)21(23)26-4/h5-12H,1-4H3. The smallest absolute Gasteiger partial charge is 0.339 e. The Morgan fingerprint density at radius 1 is 1.07 bits per heavy atom. The molecule has 0 amide bonds. The number of carbonyl (C=O) groups excluding carboxylic acids is 1. The van der Waals surface area contributed by atoms with Crippen LogP contribution in [0.4, 0.5) is 0 Å². The van der Waals surface area contributed by atoms with Crippen LogP contribution >= 0.6 is 0 Å². The summed E-state index contributed by atoms with van der Waals surface area (Å²) in [5.41, 5.74) is 1.10. The fourth-order valence-corrected chi connectivity index (χ4v) is 4.18. The number of methoxy groups -OCH3 is 1. The fourth-order valence-electron chi connectivity index (χ4n) is 3.04. The Morgan fingerprint density at radius 2 is 1.79 bits per heavy atom. The van der Waals surface area contributed by atoms with Gasteiger partial charge in [-0.25, -0.2) is 9.59 Å². The molecule has 3 aromatic rings. The number of fused-ring (bicyclic) bond motifs is 1. The van der Waals surface area contributed by atoms with Crippen molar-refractivity contribution in [3.63, 3.8) is 0 Å². The fraction of sp³-hybridized carbons (Fsp3) is 0.238.